The van der Waals surface area contributed by atoms with E-state index in [-0.39, 0.29) is 12.8 Å². The molecule has 11 heteroatoms. The zero-order valence-electron chi connectivity index (χ0n) is 50.7. The molecule has 78 heavy (non-hydrogen) atoms. The van der Waals surface area contributed by atoms with Gasteiger partial charge in [0.2, 0.25) is 5.91 Å². The van der Waals surface area contributed by atoms with Crippen molar-refractivity contribution in [2.75, 3.05) is 13.2 Å². The Hall–Kier alpha value is -1.67. The molecule has 11 nitrogen and oxygen atoms in total. The van der Waals surface area contributed by atoms with Crippen LogP contribution < -0.4 is 5.32 Å². The predicted molar refractivity (Wildman–Crippen MR) is 325 cm³/mol. The van der Waals surface area contributed by atoms with E-state index in [1.165, 1.54) is 218 Å². The summed E-state index contributed by atoms with van der Waals surface area (Å²) in [5.74, 6) is -0.708. The Labute approximate surface area is 479 Å². The first-order valence-electron chi connectivity index (χ1n) is 33.4. The number of nitrogens with one attached hydrogen (secondary N) is 1. The third kappa shape index (κ3) is 43.1. The van der Waals surface area contributed by atoms with Crippen LogP contribution in [0.1, 0.15) is 316 Å². The van der Waals surface area contributed by atoms with Crippen molar-refractivity contribution in [1.29, 1.82) is 0 Å². The van der Waals surface area contributed by atoms with Crippen LogP contribution >= 0.6 is 0 Å². The van der Waals surface area contributed by atoms with E-state index < -0.39 is 74.2 Å². The van der Waals surface area contributed by atoms with Crippen LogP contribution in [0.15, 0.2) is 36.5 Å². The Morgan fingerprint density at radius 2 is 0.769 bits per heavy atom. The van der Waals surface area contributed by atoms with Crippen molar-refractivity contribution in [2.45, 2.75) is 371 Å². The molecule has 0 aromatic carbocycles. The SMILES string of the molecule is CCCC/C=C/CC/C=C/CC/C=C/CCCC(O)C(O)C(COC1OC(CO)C(O)C(O)C1O)NC(=O)C(O)CCCCCCCCCCCCCCCCCCCCCCCCCCCCCCCCCCCCCC. The molecule has 1 saturated heterocycles. The van der Waals surface area contributed by atoms with Crippen molar-refractivity contribution in [3.63, 3.8) is 0 Å². The fourth-order valence-electron chi connectivity index (χ4n) is 10.8. The third-order valence-electron chi connectivity index (χ3n) is 16.2. The van der Waals surface area contributed by atoms with Crippen LogP contribution in [0, 0.1) is 0 Å². The van der Waals surface area contributed by atoms with Gasteiger partial charge < -0.3 is 50.5 Å². The van der Waals surface area contributed by atoms with Crippen molar-refractivity contribution in [2.24, 2.45) is 0 Å². The zero-order chi connectivity index (χ0) is 56.8. The molecule has 0 aromatic heterocycles. The molecule has 0 radical (unpaired) electrons. The Morgan fingerprint density at radius 3 is 1.13 bits per heavy atom. The molecule has 9 unspecified atom stereocenters. The zero-order valence-corrected chi connectivity index (χ0v) is 50.7. The number of aliphatic hydroxyl groups is 7. The molecule has 1 aliphatic rings. The summed E-state index contributed by atoms with van der Waals surface area (Å²) >= 11 is 0. The molecule has 0 aliphatic carbocycles. The number of rotatable bonds is 58. The summed E-state index contributed by atoms with van der Waals surface area (Å²) in [5.41, 5.74) is 0. The smallest absolute Gasteiger partial charge is 0.249 e. The predicted octanol–water partition coefficient (Wildman–Crippen LogP) is 15.4. The van der Waals surface area contributed by atoms with E-state index in [1.54, 1.807) is 0 Å². The van der Waals surface area contributed by atoms with Crippen LogP contribution in [-0.2, 0) is 14.3 Å². The quantitative estimate of drug-likeness (QED) is 0.0215. The summed E-state index contributed by atoms with van der Waals surface area (Å²) in [5, 5.41) is 76.2. The van der Waals surface area contributed by atoms with Crippen molar-refractivity contribution < 1.29 is 50.0 Å². The summed E-state index contributed by atoms with van der Waals surface area (Å²) < 4.78 is 11.1. The van der Waals surface area contributed by atoms with Crippen LogP contribution in [-0.4, -0.2) is 110 Å². The van der Waals surface area contributed by atoms with Gasteiger partial charge in [0.1, 0.15) is 36.6 Å². The Morgan fingerprint density at radius 1 is 0.436 bits per heavy atom. The molecule has 0 spiro atoms. The summed E-state index contributed by atoms with van der Waals surface area (Å²) in [4.78, 5) is 13.2. The minimum absolute atomic E-state index is 0.242. The molecule has 0 aromatic rings. The topological polar surface area (TPSA) is 189 Å². The highest BCUT2D eigenvalue weighted by atomic mass is 16.7. The van der Waals surface area contributed by atoms with E-state index in [0.717, 1.165) is 51.4 Å². The number of aliphatic hydroxyl groups excluding tert-OH is 7. The second-order valence-corrected chi connectivity index (χ2v) is 23.5. The molecular weight excluding hydrogens is 979 g/mol. The van der Waals surface area contributed by atoms with Gasteiger partial charge in [-0.05, 0) is 57.8 Å². The fraction of sp³-hybridized carbons (Fsp3) is 0.896. The van der Waals surface area contributed by atoms with Crippen molar-refractivity contribution in [1.82, 2.24) is 5.32 Å². The van der Waals surface area contributed by atoms with E-state index in [9.17, 15) is 40.5 Å². The first kappa shape index (κ1) is 74.3. The van der Waals surface area contributed by atoms with Gasteiger partial charge in [0.05, 0.1) is 25.4 Å². The maximum Gasteiger partial charge on any atom is 0.249 e. The van der Waals surface area contributed by atoms with Crippen molar-refractivity contribution >= 4 is 5.91 Å². The third-order valence-corrected chi connectivity index (χ3v) is 16.2. The lowest BCUT2D eigenvalue weighted by Crippen LogP contribution is -2.60. The normalized spacial score (nSPS) is 19.6. The number of unbranched alkanes of at least 4 members (excludes halogenated alkanes) is 40. The molecule has 1 rings (SSSR count). The highest BCUT2D eigenvalue weighted by molar-refractivity contribution is 5.80. The maximum absolute atomic E-state index is 13.2. The van der Waals surface area contributed by atoms with Crippen LogP contribution in [0.3, 0.4) is 0 Å². The first-order chi connectivity index (χ1) is 38.2. The molecule has 0 bridgehead atoms. The van der Waals surface area contributed by atoms with Gasteiger partial charge in [-0.2, -0.15) is 0 Å². The second kappa shape index (κ2) is 55.8. The van der Waals surface area contributed by atoms with Crippen molar-refractivity contribution in [3.05, 3.63) is 36.5 Å². The lowest BCUT2D eigenvalue weighted by molar-refractivity contribution is -0.303. The minimum atomic E-state index is -1.67. The second-order valence-electron chi connectivity index (χ2n) is 23.5. The van der Waals surface area contributed by atoms with Gasteiger partial charge in [0.15, 0.2) is 6.29 Å². The van der Waals surface area contributed by atoms with Crippen LogP contribution in [0.5, 0.6) is 0 Å². The van der Waals surface area contributed by atoms with E-state index in [4.69, 9.17) is 9.47 Å². The minimum Gasteiger partial charge on any atom is -0.394 e. The fourth-order valence-corrected chi connectivity index (χ4v) is 10.8. The Kier molecular flexibility index (Phi) is 53.2. The molecule has 8 N–H and O–H groups in total. The number of ether oxygens (including phenoxy) is 2. The molecule has 9 atom stereocenters. The van der Waals surface area contributed by atoms with Gasteiger partial charge in [-0.25, -0.2) is 0 Å². The summed E-state index contributed by atoms with van der Waals surface area (Å²) in [6.45, 7) is 3.42. The summed E-state index contributed by atoms with van der Waals surface area (Å²) in [6.07, 6.45) is 59.7. The number of allylic oxidation sites excluding steroid dienone is 6. The highest BCUT2D eigenvalue weighted by Gasteiger charge is 2.44. The van der Waals surface area contributed by atoms with Gasteiger partial charge in [0.25, 0.3) is 0 Å². The van der Waals surface area contributed by atoms with Gasteiger partial charge >= 0.3 is 0 Å². The molecule has 0 saturated carbocycles. The largest absolute Gasteiger partial charge is 0.394 e. The van der Waals surface area contributed by atoms with Crippen LogP contribution in [0.25, 0.3) is 0 Å². The summed E-state index contributed by atoms with van der Waals surface area (Å²) in [7, 11) is 0. The van der Waals surface area contributed by atoms with Gasteiger partial charge in [-0.15, -0.1) is 0 Å². The number of amides is 1. The van der Waals surface area contributed by atoms with E-state index in [2.05, 4.69) is 55.6 Å². The van der Waals surface area contributed by atoms with E-state index >= 15 is 0 Å². The van der Waals surface area contributed by atoms with Gasteiger partial charge in [-0.3, -0.25) is 4.79 Å². The molecule has 1 fully saturated rings. The Balaban J connectivity index is 2.13. The first-order valence-corrected chi connectivity index (χ1v) is 33.4. The number of hydrogen-bond acceptors (Lipinski definition) is 10. The van der Waals surface area contributed by atoms with Crippen LogP contribution in [0.2, 0.25) is 0 Å². The monoisotopic (exact) mass is 1110 g/mol. The molecule has 460 valence electrons. The number of carbonyl (C=O) groups is 1. The van der Waals surface area contributed by atoms with E-state index in [0.29, 0.717) is 19.3 Å². The van der Waals surface area contributed by atoms with Crippen LogP contribution in [0.4, 0.5) is 0 Å². The molecule has 1 aliphatic heterocycles. The van der Waals surface area contributed by atoms with E-state index in [1.807, 2.05) is 0 Å². The number of carbonyl (C=O) groups excluding carboxylic acids is 1. The lowest BCUT2D eigenvalue weighted by Gasteiger charge is -2.40. The highest BCUT2D eigenvalue weighted by Crippen LogP contribution is 2.24. The number of hydrogen-bond donors (Lipinski definition) is 8. The van der Waals surface area contributed by atoms with Gasteiger partial charge in [-0.1, -0.05) is 294 Å². The maximum atomic E-state index is 13.2. The average molecular weight is 1110 g/mol. The molecular formula is C67H127NO10. The average Bonchev–Trinajstić information content (AvgIpc) is 3.46. The van der Waals surface area contributed by atoms with Gasteiger partial charge in [0, 0.05) is 0 Å². The lowest BCUT2D eigenvalue weighted by atomic mass is 9.98. The molecule has 1 heterocycles. The Bertz CT molecular complexity index is 1360. The standard InChI is InChI=1S/C67H127NO10/c1-3-5-7-9-11-13-15-17-19-20-21-22-23-24-25-26-27-28-29-30-31-32-33-34-35-36-37-38-39-41-43-45-47-49-51-53-55-60(71)66(76)68-58(57-77-67-65(75)64(74)63(73)61(56-69)78-67)62(72)59(70)54-52-50-48-46-44-42-40-18-16-14-12-10-8-6-4-2/h10,12,18,40,46,48,58-65,67,69-75H,3-9,11,13-17,19-39,41-45,47,49-57H2,1-2H3,(H,68,76)/b12-10+,40-18+,48-46+. The molecule has 1 amide bonds. The summed E-state index contributed by atoms with van der Waals surface area (Å²) in [6, 6.07) is -1.19. The van der Waals surface area contributed by atoms with Crippen molar-refractivity contribution in [3.8, 4) is 0 Å².